The van der Waals surface area contributed by atoms with Crippen LogP contribution in [0.25, 0.3) is 0 Å². The summed E-state index contributed by atoms with van der Waals surface area (Å²) in [5.41, 5.74) is 1.12. The summed E-state index contributed by atoms with van der Waals surface area (Å²) in [4.78, 5) is 17.8. The summed E-state index contributed by atoms with van der Waals surface area (Å²) in [6.45, 7) is 2.44. The van der Waals surface area contributed by atoms with E-state index in [9.17, 15) is 4.79 Å². The predicted molar refractivity (Wildman–Crippen MR) is 61.7 cm³/mol. The van der Waals surface area contributed by atoms with Gasteiger partial charge in [-0.2, -0.15) is 0 Å². The van der Waals surface area contributed by atoms with Crippen LogP contribution < -0.4 is 5.32 Å². The lowest BCUT2D eigenvalue weighted by Crippen LogP contribution is -2.33. The van der Waals surface area contributed by atoms with E-state index in [1.165, 1.54) is 0 Å². The van der Waals surface area contributed by atoms with Crippen LogP contribution in [0.5, 0.6) is 0 Å². The molecule has 0 aromatic carbocycles. The zero-order chi connectivity index (χ0) is 11.4. The fraction of sp³-hybridized carbons (Fsp3) is 0.500. The van der Waals surface area contributed by atoms with E-state index in [1.807, 2.05) is 19.2 Å². The van der Waals surface area contributed by atoms with Gasteiger partial charge in [0.1, 0.15) is 0 Å². The van der Waals surface area contributed by atoms with Gasteiger partial charge in [-0.1, -0.05) is 0 Å². The molecule has 0 spiro atoms. The molecule has 0 aliphatic carbocycles. The normalized spacial score (nSPS) is 19.7. The zero-order valence-electron chi connectivity index (χ0n) is 9.52. The van der Waals surface area contributed by atoms with Crippen molar-refractivity contribution < 1.29 is 4.79 Å². The third kappa shape index (κ3) is 2.58. The molecule has 0 saturated carbocycles. The molecular formula is C12H17N3O. The van der Waals surface area contributed by atoms with E-state index in [0.29, 0.717) is 6.54 Å². The first-order valence-corrected chi connectivity index (χ1v) is 5.62. The summed E-state index contributed by atoms with van der Waals surface area (Å²) in [5.74, 6) is 0.397. The maximum atomic E-state index is 12.0. The second-order valence-electron chi connectivity index (χ2n) is 4.24. The third-order valence-electron chi connectivity index (χ3n) is 2.95. The monoisotopic (exact) mass is 219 g/mol. The van der Waals surface area contributed by atoms with Crippen LogP contribution >= 0.6 is 0 Å². The van der Waals surface area contributed by atoms with Crippen LogP contribution in [0.3, 0.4) is 0 Å². The van der Waals surface area contributed by atoms with Crippen molar-refractivity contribution in [2.75, 3.05) is 20.1 Å². The number of hydrogen-bond donors (Lipinski definition) is 1. The lowest BCUT2D eigenvalue weighted by atomic mass is 10.1. The highest BCUT2D eigenvalue weighted by Crippen LogP contribution is 2.12. The molecule has 16 heavy (non-hydrogen) atoms. The SMILES string of the molecule is CN(Cc1ccncc1)C(=O)C1CCNC1. The van der Waals surface area contributed by atoms with E-state index in [4.69, 9.17) is 0 Å². The van der Waals surface area contributed by atoms with Crippen LogP contribution in [0.15, 0.2) is 24.5 Å². The topological polar surface area (TPSA) is 45.2 Å². The van der Waals surface area contributed by atoms with Gasteiger partial charge in [-0.25, -0.2) is 0 Å². The highest BCUT2D eigenvalue weighted by molar-refractivity contribution is 5.79. The summed E-state index contributed by atoms with van der Waals surface area (Å²) < 4.78 is 0. The van der Waals surface area contributed by atoms with Crippen molar-refractivity contribution in [3.63, 3.8) is 0 Å². The number of hydrogen-bond acceptors (Lipinski definition) is 3. The van der Waals surface area contributed by atoms with E-state index >= 15 is 0 Å². The van der Waals surface area contributed by atoms with Gasteiger partial charge in [-0.05, 0) is 30.7 Å². The molecule has 1 aliphatic rings. The van der Waals surface area contributed by atoms with Gasteiger partial charge in [0.15, 0.2) is 0 Å². The van der Waals surface area contributed by atoms with Crippen molar-refractivity contribution >= 4 is 5.91 Å². The Kier molecular flexibility index (Phi) is 3.51. The van der Waals surface area contributed by atoms with Crippen molar-refractivity contribution in [3.05, 3.63) is 30.1 Å². The smallest absolute Gasteiger partial charge is 0.227 e. The number of nitrogens with one attached hydrogen (secondary N) is 1. The number of rotatable bonds is 3. The molecule has 1 unspecified atom stereocenters. The Morgan fingerprint density at radius 3 is 2.94 bits per heavy atom. The van der Waals surface area contributed by atoms with Gasteiger partial charge in [0.2, 0.25) is 5.91 Å². The Hall–Kier alpha value is -1.42. The minimum Gasteiger partial charge on any atom is -0.341 e. The van der Waals surface area contributed by atoms with E-state index in [1.54, 1.807) is 17.3 Å². The Balaban J connectivity index is 1.92. The maximum Gasteiger partial charge on any atom is 0.227 e. The summed E-state index contributed by atoms with van der Waals surface area (Å²) in [6.07, 6.45) is 4.47. The molecule has 1 N–H and O–H groups in total. The van der Waals surface area contributed by atoms with Crippen LogP contribution in [0.1, 0.15) is 12.0 Å². The van der Waals surface area contributed by atoms with E-state index in [-0.39, 0.29) is 11.8 Å². The molecule has 86 valence electrons. The molecular weight excluding hydrogens is 202 g/mol. The highest BCUT2D eigenvalue weighted by Gasteiger charge is 2.24. The van der Waals surface area contributed by atoms with Gasteiger partial charge in [0, 0.05) is 32.5 Å². The molecule has 0 radical (unpaired) electrons. The lowest BCUT2D eigenvalue weighted by molar-refractivity contribution is -0.134. The summed E-state index contributed by atoms with van der Waals surface area (Å²) in [5, 5.41) is 3.21. The maximum absolute atomic E-state index is 12.0. The number of pyridine rings is 1. The van der Waals surface area contributed by atoms with Crippen LogP contribution in [-0.2, 0) is 11.3 Å². The molecule has 1 atom stereocenters. The van der Waals surface area contributed by atoms with Crippen LogP contribution in [0.2, 0.25) is 0 Å². The molecule has 1 fully saturated rings. The largest absolute Gasteiger partial charge is 0.341 e. The molecule has 1 aromatic heterocycles. The van der Waals surface area contributed by atoms with Gasteiger partial charge in [0.25, 0.3) is 0 Å². The Morgan fingerprint density at radius 1 is 1.56 bits per heavy atom. The molecule has 4 nitrogen and oxygen atoms in total. The summed E-state index contributed by atoms with van der Waals surface area (Å²) in [6, 6.07) is 3.88. The van der Waals surface area contributed by atoms with Crippen molar-refractivity contribution in [1.29, 1.82) is 0 Å². The molecule has 1 aliphatic heterocycles. The van der Waals surface area contributed by atoms with Crippen molar-refractivity contribution in [2.24, 2.45) is 5.92 Å². The third-order valence-corrected chi connectivity index (χ3v) is 2.95. The van der Waals surface area contributed by atoms with Gasteiger partial charge < -0.3 is 10.2 Å². The van der Waals surface area contributed by atoms with Crippen molar-refractivity contribution in [1.82, 2.24) is 15.2 Å². The van der Waals surface area contributed by atoms with E-state index < -0.39 is 0 Å². The summed E-state index contributed by atoms with van der Waals surface area (Å²) >= 11 is 0. The van der Waals surface area contributed by atoms with Gasteiger partial charge in [-0.15, -0.1) is 0 Å². The van der Waals surface area contributed by atoms with Crippen LogP contribution in [-0.4, -0.2) is 35.9 Å². The molecule has 2 rings (SSSR count). The van der Waals surface area contributed by atoms with E-state index in [2.05, 4.69) is 10.3 Å². The van der Waals surface area contributed by atoms with E-state index in [0.717, 1.165) is 25.1 Å². The predicted octanol–water partition coefficient (Wildman–Crippen LogP) is 0.649. The number of carbonyl (C=O) groups is 1. The average molecular weight is 219 g/mol. The molecule has 1 aromatic rings. The number of aromatic nitrogens is 1. The standard InChI is InChI=1S/C12H17N3O/c1-15(9-10-2-5-13-6-3-10)12(16)11-4-7-14-8-11/h2-3,5-6,11,14H,4,7-9H2,1H3. The van der Waals surface area contributed by atoms with Gasteiger partial charge in [0.05, 0.1) is 5.92 Å². The molecule has 1 saturated heterocycles. The second-order valence-corrected chi connectivity index (χ2v) is 4.24. The fourth-order valence-electron chi connectivity index (χ4n) is 2.02. The molecule has 4 heteroatoms. The second kappa shape index (κ2) is 5.07. The molecule has 1 amide bonds. The van der Waals surface area contributed by atoms with Gasteiger partial charge >= 0.3 is 0 Å². The molecule has 2 heterocycles. The fourth-order valence-corrected chi connectivity index (χ4v) is 2.02. The first-order chi connectivity index (χ1) is 7.77. The van der Waals surface area contributed by atoms with Crippen LogP contribution in [0.4, 0.5) is 0 Å². The Morgan fingerprint density at radius 2 is 2.31 bits per heavy atom. The zero-order valence-corrected chi connectivity index (χ0v) is 9.52. The van der Waals surface area contributed by atoms with Crippen molar-refractivity contribution in [2.45, 2.75) is 13.0 Å². The quantitative estimate of drug-likeness (QED) is 0.812. The van der Waals surface area contributed by atoms with Crippen molar-refractivity contribution in [3.8, 4) is 0 Å². The first-order valence-electron chi connectivity index (χ1n) is 5.62. The highest BCUT2D eigenvalue weighted by atomic mass is 16.2. The molecule has 0 bridgehead atoms. The van der Waals surface area contributed by atoms with Gasteiger partial charge in [-0.3, -0.25) is 9.78 Å². The number of nitrogens with zero attached hydrogens (tertiary/aromatic N) is 2. The number of amides is 1. The Labute approximate surface area is 95.7 Å². The average Bonchev–Trinajstić information content (AvgIpc) is 2.83. The van der Waals surface area contributed by atoms with Crippen LogP contribution in [0, 0.1) is 5.92 Å². The lowest BCUT2D eigenvalue weighted by Gasteiger charge is -2.20. The minimum absolute atomic E-state index is 0.159. The Bertz CT molecular complexity index is 347. The summed E-state index contributed by atoms with van der Waals surface area (Å²) in [7, 11) is 1.86. The minimum atomic E-state index is 0.159. The number of carbonyl (C=O) groups excluding carboxylic acids is 1. The first kappa shape index (κ1) is 11.1.